The highest BCUT2D eigenvalue weighted by atomic mass is 79.9. The number of halogens is 1. The van der Waals surface area contributed by atoms with Crippen molar-refractivity contribution in [2.75, 3.05) is 0 Å². The predicted octanol–water partition coefficient (Wildman–Crippen LogP) is 10.1. The third-order valence-corrected chi connectivity index (χ3v) is 7.72. The Morgan fingerprint density at radius 1 is 0.366 bits per heavy atom. The van der Waals surface area contributed by atoms with Gasteiger partial charge in [-0.2, -0.15) is 0 Å². The van der Waals surface area contributed by atoms with E-state index >= 15 is 0 Å². The average Bonchev–Trinajstić information content (AvgIpc) is 3.05. The first-order valence-corrected chi connectivity index (χ1v) is 14.3. The van der Waals surface area contributed by atoms with E-state index in [0.717, 1.165) is 37.7 Å². The van der Waals surface area contributed by atoms with E-state index in [1.54, 1.807) is 0 Å². The van der Waals surface area contributed by atoms with Gasteiger partial charge in [-0.15, -0.1) is 0 Å². The van der Waals surface area contributed by atoms with Gasteiger partial charge in [0.2, 0.25) is 0 Å². The van der Waals surface area contributed by atoms with E-state index in [-0.39, 0.29) is 0 Å². The van der Waals surface area contributed by atoms with Crippen molar-refractivity contribution in [1.29, 1.82) is 0 Å². The van der Waals surface area contributed by atoms with Crippen LogP contribution in [0.2, 0.25) is 0 Å². The minimum atomic E-state index is 0.649. The molecule has 0 saturated heterocycles. The molecule has 0 radical (unpaired) electrons. The van der Waals surface area contributed by atoms with E-state index in [1.807, 2.05) is 60.7 Å². The zero-order chi connectivity index (χ0) is 27.6. The van der Waals surface area contributed by atoms with Crippen LogP contribution in [0.1, 0.15) is 0 Å². The molecular weight excluding hydrogens is 566 g/mol. The van der Waals surface area contributed by atoms with E-state index in [9.17, 15) is 0 Å². The third-order valence-electron chi connectivity index (χ3n) is 7.19. The van der Waals surface area contributed by atoms with Crippen molar-refractivity contribution in [3.63, 3.8) is 0 Å². The van der Waals surface area contributed by atoms with Crippen LogP contribution in [0.3, 0.4) is 0 Å². The summed E-state index contributed by atoms with van der Waals surface area (Å²) in [6, 6.07) is 50.2. The van der Waals surface area contributed by atoms with Gasteiger partial charge in [0.1, 0.15) is 0 Å². The van der Waals surface area contributed by atoms with Gasteiger partial charge in [0.05, 0.1) is 0 Å². The second-order valence-electron chi connectivity index (χ2n) is 9.87. The molecule has 0 atom stereocenters. The molecule has 0 bridgehead atoms. The molecule has 0 amide bonds. The van der Waals surface area contributed by atoms with Gasteiger partial charge in [-0.25, -0.2) is 15.0 Å². The van der Waals surface area contributed by atoms with Crippen molar-refractivity contribution < 1.29 is 0 Å². The summed E-state index contributed by atoms with van der Waals surface area (Å²) in [5, 5.41) is 2.33. The van der Waals surface area contributed by atoms with E-state index in [2.05, 4.69) is 101 Å². The fraction of sp³-hybridized carbons (Fsp3) is 0. The maximum absolute atomic E-state index is 4.98. The Labute approximate surface area is 247 Å². The third kappa shape index (κ3) is 5.18. The van der Waals surface area contributed by atoms with E-state index in [4.69, 9.17) is 15.0 Å². The van der Waals surface area contributed by atoms with Gasteiger partial charge in [-0.1, -0.05) is 137 Å². The Hall–Kier alpha value is -4.93. The van der Waals surface area contributed by atoms with Gasteiger partial charge in [0.15, 0.2) is 17.5 Å². The minimum absolute atomic E-state index is 0.649. The Morgan fingerprint density at radius 3 is 1.41 bits per heavy atom. The molecule has 0 aliphatic heterocycles. The molecule has 6 aromatic carbocycles. The van der Waals surface area contributed by atoms with Crippen LogP contribution in [0.4, 0.5) is 0 Å². The highest BCUT2D eigenvalue weighted by Crippen LogP contribution is 2.35. The lowest BCUT2D eigenvalue weighted by Gasteiger charge is -2.13. The Balaban J connectivity index is 1.38. The number of hydrogen-bond donors (Lipinski definition) is 0. The first-order valence-electron chi connectivity index (χ1n) is 13.5. The van der Waals surface area contributed by atoms with Gasteiger partial charge >= 0.3 is 0 Å². The first-order chi connectivity index (χ1) is 20.2. The molecule has 0 N–H and O–H groups in total. The second kappa shape index (κ2) is 10.9. The first kappa shape index (κ1) is 25.1. The Kier molecular flexibility index (Phi) is 6.67. The number of nitrogens with zero attached hydrogens (tertiary/aromatic N) is 3. The SMILES string of the molecule is Brc1ccc(-c2ccc(-c3cc(-c4nc(-c5ccccc5)nc(-c5ccccc5)n4)cc4ccccc34)cc2)cc1. The fourth-order valence-electron chi connectivity index (χ4n) is 5.10. The van der Waals surface area contributed by atoms with Crippen molar-refractivity contribution in [2.24, 2.45) is 0 Å². The maximum Gasteiger partial charge on any atom is 0.164 e. The van der Waals surface area contributed by atoms with Crippen LogP contribution >= 0.6 is 15.9 Å². The highest BCUT2D eigenvalue weighted by Gasteiger charge is 2.15. The van der Waals surface area contributed by atoms with E-state index in [0.29, 0.717) is 17.5 Å². The van der Waals surface area contributed by atoms with Crippen LogP contribution < -0.4 is 0 Å². The molecule has 4 heteroatoms. The van der Waals surface area contributed by atoms with Crippen LogP contribution in [0.5, 0.6) is 0 Å². The summed E-state index contributed by atoms with van der Waals surface area (Å²) in [6.07, 6.45) is 0. The number of aromatic nitrogens is 3. The lowest BCUT2D eigenvalue weighted by atomic mass is 9.94. The normalized spacial score (nSPS) is 11.0. The van der Waals surface area contributed by atoms with Crippen LogP contribution in [-0.2, 0) is 0 Å². The molecule has 1 heterocycles. The van der Waals surface area contributed by atoms with Crippen LogP contribution in [0, 0.1) is 0 Å². The Morgan fingerprint density at radius 2 is 0.829 bits per heavy atom. The van der Waals surface area contributed by atoms with Crippen molar-refractivity contribution in [1.82, 2.24) is 15.0 Å². The van der Waals surface area contributed by atoms with Crippen molar-refractivity contribution in [3.8, 4) is 56.4 Å². The smallest absolute Gasteiger partial charge is 0.164 e. The summed E-state index contributed by atoms with van der Waals surface area (Å²) < 4.78 is 1.07. The highest BCUT2D eigenvalue weighted by molar-refractivity contribution is 9.10. The number of benzene rings is 6. The van der Waals surface area contributed by atoms with Gasteiger partial charge in [-0.05, 0) is 57.3 Å². The molecule has 0 saturated carbocycles. The molecule has 1 aromatic heterocycles. The van der Waals surface area contributed by atoms with Gasteiger partial charge in [0, 0.05) is 21.2 Å². The number of fused-ring (bicyclic) bond motifs is 1. The molecule has 0 fully saturated rings. The molecule has 0 aliphatic rings. The average molecular weight is 591 g/mol. The summed E-state index contributed by atoms with van der Waals surface area (Å²) >= 11 is 3.53. The van der Waals surface area contributed by atoms with E-state index in [1.165, 1.54) is 16.5 Å². The largest absolute Gasteiger partial charge is 0.208 e. The molecular formula is C37H24BrN3. The molecule has 7 rings (SSSR count). The molecule has 0 unspecified atom stereocenters. The summed E-state index contributed by atoms with van der Waals surface area (Å²) in [6.45, 7) is 0. The zero-order valence-electron chi connectivity index (χ0n) is 22.1. The summed E-state index contributed by atoms with van der Waals surface area (Å²) in [4.78, 5) is 14.8. The second-order valence-corrected chi connectivity index (χ2v) is 10.8. The molecule has 0 aliphatic carbocycles. The van der Waals surface area contributed by atoms with Gasteiger partial charge in [-0.3, -0.25) is 0 Å². The number of hydrogen-bond acceptors (Lipinski definition) is 3. The molecule has 41 heavy (non-hydrogen) atoms. The standard InChI is InChI=1S/C37H24BrN3/c38-32-21-19-26(20-22-32)25-15-17-27(18-16-25)34-24-31(23-30-13-7-8-14-33(30)34)37-40-35(28-9-3-1-4-10-28)39-36(41-37)29-11-5-2-6-12-29/h1-24H. The lowest BCUT2D eigenvalue weighted by molar-refractivity contribution is 1.07. The van der Waals surface area contributed by atoms with Crippen LogP contribution in [0.25, 0.3) is 67.2 Å². The minimum Gasteiger partial charge on any atom is -0.208 e. The van der Waals surface area contributed by atoms with Gasteiger partial charge < -0.3 is 0 Å². The topological polar surface area (TPSA) is 38.7 Å². The summed E-state index contributed by atoms with van der Waals surface area (Å²) in [5.74, 6) is 1.96. The quantitative estimate of drug-likeness (QED) is 0.200. The van der Waals surface area contributed by atoms with Gasteiger partial charge in [0.25, 0.3) is 0 Å². The summed E-state index contributed by atoms with van der Waals surface area (Å²) in [7, 11) is 0. The number of rotatable bonds is 5. The fourth-order valence-corrected chi connectivity index (χ4v) is 5.37. The molecule has 3 nitrogen and oxygen atoms in total. The van der Waals surface area contributed by atoms with Crippen molar-refractivity contribution in [3.05, 3.63) is 150 Å². The maximum atomic E-state index is 4.98. The summed E-state index contributed by atoms with van der Waals surface area (Å²) in [5.41, 5.74) is 7.51. The van der Waals surface area contributed by atoms with E-state index < -0.39 is 0 Å². The molecule has 0 spiro atoms. The van der Waals surface area contributed by atoms with Crippen LogP contribution in [-0.4, -0.2) is 15.0 Å². The Bertz CT molecular complexity index is 1910. The van der Waals surface area contributed by atoms with Crippen molar-refractivity contribution in [2.45, 2.75) is 0 Å². The van der Waals surface area contributed by atoms with Crippen LogP contribution in [0.15, 0.2) is 150 Å². The van der Waals surface area contributed by atoms with Crippen molar-refractivity contribution >= 4 is 26.7 Å². The monoisotopic (exact) mass is 589 g/mol. The molecule has 194 valence electrons. The zero-order valence-corrected chi connectivity index (χ0v) is 23.7. The molecule has 7 aromatic rings. The predicted molar refractivity (Wildman–Crippen MR) is 172 cm³/mol. The lowest BCUT2D eigenvalue weighted by Crippen LogP contribution is -2.00.